The van der Waals surface area contributed by atoms with Crippen molar-refractivity contribution in [3.63, 3.8) is 0 Å². The summed E-state index contributed by atoms with van der Waals surface area (Å²) in [5.74, 6) is -0.905. The first-order valence-corrected chi connectivity index (χ1v) is 8.34. The average molecular weight is 347 g/mol. The second-order valence-corrected chi connectivity index (χ2v) is 7.34. The zero-order valence-electron chi connectivity index (χ0n) is 14.7. The van der Waals surface area contributed by atoms with Crippen molar-refractivity contribution >= 4 is 28.4 Å². The number of rotatable bonds is 1. The van der Waals surface area contributed by atoms with Gasteiger partial charge in [-0.3, -0.25) is 9.59 Å². The maximum atomic E-state index is 13.0. The van der Waals surface area contributed by atoms with E-state index in [0.717, 1.165) is 0 Å². The van der Waals surface area contributed by atoms with Crippen LogP contribution >= 0.6 is 0 Å². The van der Waals surface area contributed by atoms with Crippen molar-refractivity contribution in [1.82, 2.24) is 4.98 Å². The van der Waals surface area contributed by atoms with Crippen LogP contribution in [0.4, 0.5) is 0 Å². The molecule has 3 aromatic rings. The Hall–Kier alpha value is -3.21. The van der Waals surface area contributed by atoms with Gasteiger partial charge in [0.2, 0.25) is 5.78 Å². The number of hydrogen-bond donors (Lipinski definition) is 1. The van der Waals surface area contributed by atoms with E-state index in [-0.39, 0.29) is 17.3 Å². The van der Waals surface area contributed by atoms with E-state index in [9.17, 15) is 14.4 Å². The highest BCUT2D eigenvalue weighted by molar-refractivity contribution is 6.32. The summed E-state index contributed by atoms with van der Waals surface area (Å²) in [6.07, 6.45) is 0. The number of ketones is 2. The van der Waals surface area contributed by atoms with E-state index < -0.39 is 11.6 Å². The molecule has 0 bridgehead atoms. The van der Waals surface area contributed by atoms with E-state index in [2.05, 4.69) is 4.98 Å². The average Bonchev–Trinajstić information content (AvgIpc) is 2.97. The van der Waals surface area contributed by atoms with Crippen LogP contribution in [0.25, 0.3) is 10.9 Å². The third kappa shape index (κ3) is 2.44. The summed E-state index contributed by atoms with van der Waals surface area (Å²) in [4.78, 5) is 41.1. The van der Waals surface area contributed by atoms with Gasteiger partial charge >= 0.3 is 5.97 Å². The summed E-state index contributed by atoms with van der Waals surface area (Å²) >= 11 is 0. The molecule has 26 heavy (non-hydrogen) atoms. The number of ether oxygens (including phenoxy) is 1. The smallest absolute Gasteiger partial charge is 0.338 e. The molecule has 5 heteroatoms. The summed E-state index contributed by atoms with van der Waals surface area (Å²) in [5.41, 5.74) is 1.72. The number of hydrogen-bond acceptors (Lipinski definition) is 4. The molecule has 0 fully saturated rings. The standard InChI is InChI=1S/C21H17NO4/c1-21(2,3)26-20(25)11-8-9-15-14(10-11)16-17(22-15)19(24)13-7-5-4-6-12(13)18(16)23/h4-10,22H,1-3H3. The lowest BCUT2D eigenvalue weighted by atomic mass is 9.87. The zero-order valence-corrected chi connectivity index (χ0v) is 14.7. The number of carbonyl (C=O) groups excluding carboxylic acids is 3. The molecule has 0 radical (unpaired) electrons. The third-order valence-electron chi connectivity index (χ3n) is 4.30. The van der Waals surface area contributed by atoms with Gasteiger partial charge in [-0.2, -0.15) is 0 Å². The lowest BCUT2D eigenvalue weighted by Crippen LogP contribution is -2.23. The van der Waals surface area contributed by atoms with Crippen molar-refractivity contribution in [1.29, 1.82) is 0 Å². The highest BCUT2D eigenvalue weighted by Gasteiger charge is 2.33. The number of H-pyrrole nitrogens is 1. The normalized spacial score (nSPS) is 13.5. The van der Waals surface area contributed by atoms with E-state index in [1.165, 1.54) is 0 Å². The number of fused-ring (bicyclic) bond motifs is 4. The summed E-state index contributed by atoms with van der Waals surface area (Å²) in [6.45, 7) is 5.38. The quantitative estimate of drug-likeness (QED) is 0.530. The first kappa shape index (κ1) is 16.3. The highest BCUT2D eigenvalue weighted by atomic mass is 16.6. The minimum atomic E-state index is -0.617. The maximum absolute atomic E-state index is 13.0. The summed E-state index contributed by atoms with van der Waals surface area (Å²) in [6, 6.07) is 11.7. The molecular weight excluding hydrogens is 330 g/mol. The van der Waals surface area contributed by atoms with Gasteiger partial charge in [0.25, 0.3) is 0 Å². The van der Waals surface area contributed by atoms with Gasteiger partial charge in [0.1, 0.15) is 5.60 Å². The van der Waals surface area contributed by atoms with Crippen LogP contribution in [0.1, 0.15) is 63.1 Å². The van der Waals surface area contributed by atoms with E-state index in [1.807, 2.05) is 0 Å². The number of aromatic nitrogens is 1. The van der Waals surface area contributed by atoms with Crippen molar-refractivity contribution in [2.24, 2.45) is 0 Å². The zero-order chi connectivity index (χ0) is 18.6. The van der Waals surface area contributed by atoms with Crippen molar-refractivity contribution in [3.05, 3.63) is 70.4 Å². The number of benzene rings is 2. The van der Waals surface area contributed by atoms with Gasteiger partial charge in [-0.15, -0.1) is 0 Å². The van der Waals surface area contributed by atoms with Gasteiger partial charge in [0.05, 0.1) is 16.8 Å². The first-order valence-electron chi connectivity index (χ1n) is 8.34. The van der Waals surface area contributed by atoms with Crippen LogP contribution in [0.3, 0.4) is 0 Å². The lowest BCUT2D eigenvalue weighted by molar-refractivity contribution is 0.00695. The van der Waals surface area contributed by atoms with Gasteiger partial charge in [-0.05, 0) is 39.0 Å². The van der Waals surface area contributed by atoms with E-state index >= 15 is 0 Å². The predicted molar refractivity (Wildman–Crippen MR) is 96.8 cm³/mol. The SMILES string of the molecule is CC(C)(C)OC(=O)c1ccc2[nH]c3c(c2c1)C(=O)c1ccccc1C3=O. The third-order valence-corrected chi connectivity index (χ3v) is 4.30. The van der Waals surface area contributed by atoms with Crippen LogP contribution in [0.5, 0.6) is 0 Å². The fourth-order valence-corrected chi connectivity index (χ4v) is 3.21. The van der Waals surface area contributed by atoms with Gasteiger partial charge in [0.15, 0.2) is 5.78 Å². The molecule has 1 aromatic heterocycles. The van der Waals surface area contributed by atoms with Gasteiger partial charge in [-0.25, -0.2) is 4.79 Å². The number of esters is 1. The Morgan fingerprint density at radius 2 is 1.62 bits per heavy atom. The predicted octanol–water partition coefficient (Wildman–Crippen LogP) is 3.90. The molecule has 0 aliphatic heterocycles. The summed E-state index contributed by atoms with van der Waals surface area (Å²) in [5, 5.41) is 0.552. The monoisotopic (exact) mass is 347 g/mol. The van der Waals surface area contributed by atoms with Crippen molar-refractivity contribution in [2.45, 2.75) is 26.4 Å². The molecule has 1 aliphatic carbocycles. The molecule has 1 N–H and O–H groups in total. The Bertz CT molecular complexity index is 1100. The van der Waals surface area contributed by atoms with E-state index in [0.29, 0.717) is 33.2 Å². The first-order chi connectivity index (χ1) is 12.3. The van der Waals surface area contributed by atoms with Gasteiger partial charge in [-0.1, -0.05) is 24.3 Å². The Morgan fingerprint density at radius 3 is 2.27 bits per heavy atom. The molecule has 2 aromatic carbocycles. The lowest BCUT2D eigenvalue weighted by Gasteiger charge is -2.19. The molecule has 0 spiro atoms. The van der Waals surface area contributed by atoms with Crippen molar-refractivity contribution in [2.75, 3.05) is 0 Å². The fourth-order valence-electron chi connectivity index (χ4n) is 3.21. The molecule has 4 rings (SSSR count). The molecule has 0 saturated carbocycles. The highest BCUT2D eigenvalue weighted by Crippen LogP contribution is 2.33. The Labute approximate surface area is 150 Å². The Morgan fingerprint density at radius 1 is 0.962 bits per heavy atom. The fraction of sp³-hybridized carbons (Fsp3) is 0.190. The summed E-state index contributed by atoms with van der Waals surface area (Å²) in [7, 11) is 0. The van der Waals surface area contributed by atoms with Crippen molar-refractivity contribution in [3.8, 4) is 0 Å². The number of nitrogens with one attached hydrogen (secondary N) is 1. The van der Waals surface area contributed by atoms with Crippen LogP contribution in [0.2, 0.25) is 0 Å². The number of carbonyl (C=O) groups is 3. The molecule has 130 valence electrons. The molecule has 0 unspecified atom stereocenters. The Kier molecular flexibility index (Phi) is 3.37. The van der Waals surface area contributed by atoms with Crippen LogP contribution in [0.15, 0.2) is 42.5 Å². The van der Waals surface area contributed by atoms with Crippen LogP contribution in [-0.2, 0) is 4.74 Å². The maximum Gasteiger partial charge on any atom is 0.338 e. The van der Waals surface area contributed by atoms with Crippen LogP contribution in [-0.4, -0.2) is 28.1 Å². The number of aromatic amines is 1. The molecule has 0 atom stereocenters. The molecule has 1 heterocycles. The largest absolute Gasteiger partial charge is 0.456 e. The minimum absolute atomic E-state index is 0.217. The minimum Gasteiger partial charge on any atom is -0.456 e. The second-order valence-electron chi connectivity index (χ2n) is 7.34. The molecule has 1 aliphatic rings. The molecule has 0 amide bonds. The van der Waals surface area contributed by atoms with E-state index in [1.54, 1.807) is 63.2 Å². The molecule has 5 nitrogen and oxygen atoms in total. The van der Waals surface area contributed by atoms with Crippen LogP contribution < -0.4 is 0 Å². The molecule has 0 saturated heterocycles. The van der Waals surface area contributed by atoms with E-state index in [4.69, 9.17) is 4.74 Å². The van der Waals surface area contributed by atoms with Gasteiger partial charge < -0.3 is 9.72 Å². The second kappa shape index (κ2) is 5.39. The van der Waals surface area contributed by atoms with Gasteiger partial charge in [0, 0.05) is 22.0 Å². The summed E-state index contributed by atoms with van der Waals surface area (Å²) < 4.78 is 5.40. The van der Waals surface area contributed by atoms with Crippen LogP contribution in [0, 0.1) is 0 Å². The topological polar surface area (TPSA) is 76.2 Å². The Balaban J connectivity index is 1.88. The molecular formula is C21H17NO4. The van der Waals surface area contributed by atoms with Crippen molar-refractivity contribution < 1.29 is 19.1 Å².